The van der Waals surface area contributed by atoms with Crippen LogP contribution in [0.5, 0.6) is 0 Å². The van der Waals surface area contributed by atoms with Crippen LogP contribution >= 0.6 is 0 Å². The topological polar surface area (TPSA) is 44.8 Å². The largest absolute Gasteiger partial charge is 0.460 e. The Labute approximate surface area is 98.3 Å². The van der Waals surface area contributed by atoms with E-state index < -0.39 is 6.29 Å². The smallest absolute Gasteiger partial charge is 0.305 e. The molecule has 0 unspecified atom stereocenters. The summed E-state index contributed by atoms with van der Waals surface area (Å²) in [4.78, 5) is 11.3. The fraction of sp³-hybridized carbons (Fsp3) is 0.917. The summed E-state index contributed by atoms with van der Waals surface area (Å²) < 4.78 is 15.6. The minimum absolute atomic E-state index is 0.169. The summed E-state index contributed by atoms with van der Waals surface area (Å²) in [5, 5.41) is 0. The van der Waals surface area contributed by atoms with E-state index >= 15 is 0 Å². The standard InChI is InChI=1S/C12H24O4/c1-4-7-8-9-11(13)16-10-12(14-5-2)15-6-3/h12H,4-10H2,1-3H3. The molecule has 4 nitrogen and oxygen atoms in total. The van der Waals surface area contributed by atoms with Crippen molar-refractivity contribution in [2.75, 3.05) is 19.8 Å². The van der Waals surface area contributed by atoms with Gasteiger partial charge in [-0.25, -0.2) is 0 Å². The maximum absolute atomic E-state index is 11.3. The zero-order valence-electron chi connectivity index (χ0n) is 10.7. The van der Waals surface area contributed by atoms with Gasteiger partial charge in [0.15, 0.2) is 6.29 Å². The van der Waals surface area contributed by atoms with Crippen LogP contribution in [0.2, 0.25) is 0 Å². The molecule has 0 N–H and O–H groups in total. The Morgan fingerprint density at radius 1 is 1.06 bits per heavy atom. The van der Waals surface area contributed by atoms with E-state index in [9.17, 15) is 4.79 Å². The molecule has 0 radical (unpaired) electrons. The first kappa shape index (κ1) is 15.4. The SMILES string of the molecule is CCCCCC(=O)OCC(OCC)OCC. The van der Waals surface area contributed by atoms with Gasteiger partial charge < -0.3 is 14.2 Å². The van der Waals surface area contributed by atoms with Gasteiger partial charge in [0.1, 0.15) is 6.61 Å². The summed E-state index contributed by atoms with van der Waals surface area (Å²) in [6.45, 7) is 7.17. The molecule has 96 valence electrons. The molecule has 0 aromatic carbocycles. The van der Waals surface area contributed by atoms with Crippen LogP contribution in [0.15, 0.2) is 0 Å². The first-order chi connectivity index (χ1) is 7.74. The van der Waals surface area contributed by atoms with Crippen molar-refractivity contribution in [2.24, 2.45) is 0 Å². The minimum atomic E-state index is -0.426. The molecule has 16 heavy (non-hydrogen) atoms. The summed E-state index contributed by atoms with van der Waals surface area (Å²) in [5.74, 6) is -0.169. The lowest BCUT2D eigenvalue weighted by molar-refractivity contribution is -0.179. The molecule has 0 spiro atoms. The average molecular weight is 232 g/mol. The number of hydrogen-bond acceptors (Lipinski definition) is 4. The molecule has 0 aliphatic carbocycles. The first-order valence-corrected chi connectivity index (χ1v) is 6.13. The van der Waals surface area contributed by atoms with E-state index in [-0.39, 0.29) is 12.6 Å². The Balaban J connectivity index is 3.60. The van der Waals surface area contributed by atoms with Crippen LogP contribution in [0, 0.1) is 0 Å². The van der Waals surface area contributed by atoms with E-state index in [4.69, 9.17) is 14.2 Å². The van der Waals surface area contributed by atoms with Gasteiger partial charge in [0, 0.05) is 19.6 Å². The second-order valence-corrected chi connectivity index (χ2v) is 3.48. The summed E-state index contributed by atoms with van der Waals surface area (Å²) in [6, 6.07) is 0. The van der Waals surface area contributed by atoms with Gasteiger partial charge >= 0.3 is 5.97 Å². The molecule has 0 amide bonds. The van der Waals surface area contributed by atoms with Crippen molar-refractivity contribution >= 4 is 5.97 Å². The third-order valence-electron chi connectivity index (χ3n) is 2.07. The van der Waals surface area contributed by atoms with Crippen molar-refractivity contribution in [1.82, 2.24) is 0 Å². The summed E-state index contributed by atoms with van der Waals surface area (Å²) in [7, 11) is 0. The molecule has 0 fully saturated rings. The van der Waals surface area contributed by atoms with Crippen molar-refractivity contribution in [1.29, 1.82) is 0 Å². The molecule has 0 atom stereocenters. The maximum Gasteiger partial charge on any atom is 0.305 e. The molecule has 0 aromatic heterocycles. The highest BCUT2D eigenvalue weighted by molar-refractivity contribution is 5.69. The summed E-state index contributed by atoms with van der Waals surface area (Å²) in [5.41, 5.74) is 0. The van der Waals surface area contributed by atoms with Gasteiger partial charge in [0.05, 0.1) is 0 Å². The van der Waals surface area contributed by atoms with Crippen molar-refractivity contribution in [2.45, 2.75) is 52.7 Å². The number of unbranched alkanes of at least 4 members (excludes halogenated alkanes) is 2. The molecule has 0 aromatic rings. The van der Waals surface area contributed by atoms with Gasteiger partial charge in [-0.15, -0.1) is 0 Å². The number of hydrogen-bond donors (Lipinski definition) is 0. The molecular weight excluding hydrogens is 208 g/mol. The van der Waals surface area contributed by atoms with Gasteiger partial charge in [-0.05, 0) is 20.3 Å². The van der Waals surface area contributed by atoms with Crippen LogP contribution in [0.3, 0.4) is 0 Å². The molecule has 0 rings (SSSR count). The zero-order valence-corrected chi connectivity index (χ0v) is 10.7. The van der Waals surface area contributed by atoms with Gasteiger partial charge in [0.2, 0.25) is 0 Å². The van der Waals surface area contributed by atoms with E-state index in [0.717, 1.165) is 19.3 Å². The normalized spacial score (nSPS) is 10.8. The highest BCUT2D eigenvalue weighted by Crippen LogP contribution is 2.02. The number of esters is 1. The fourth-order valence-corrected chi connectivity index (χ4v) is 1.27. The van der Waals surface area contributed by atoms with Gasteiger partial charge in [-0.3, -0.25) is 4.79 Å². The van der Waals surface area contributed by atoms with Gasteiger partial charge in [-0.1, -0.05) is 19.8 Å². The Bertz CT molecular complexity index is 164. The minimum Gasteiger partial charge on any atom is -0.460 e. The Morgan fingerprint density at radius 2 is 1.69 bits per heavy atom. The lowest BCUT2D eigenvalue weighted by Gasteiger charge is -2.16. The Morgan fingerprint density at radius 3 is 2.19 bits per heavy atom. The van der Waals surface area contributed by atoms with Crippen molar-refractivity contribution in [3.05, 3.63) is 0 Å². The van der Waals surface area contributed by atoms with E-state index in [1.54, 1.807) is 0 Å². The molecule has 0 aliphatic rings. The fourth-order valence-electron chi connectivity index (χ4n) is 1.27. The van der Waals surface area contributed by atoms with E-state index in [0.29, 0.717) is 19.6 Å². The van der Waals surface area contributed by atoms with Crippen LogP contribution in [0.1, 0.15) is 46.5 Å². The Hall–Kier alpha value is -0.610. The molecule has 0 saturated carbocycles. The number of rotatable bonds is 10. The number of carbonyl (C=O) groups is 1. The second kappa shape index (κ2) is 10.9. The van der Waals surface area contributed by atoms with Crippen molar-refractivity contribution < 1.29 is 19.0 Å². The molecule has 0 saturated heterocycles. The average Bonchev–Trinajstić information content (AvgIpc) is 2.27. The van der Waals surface area contributed by atoms with Crippen LogP contribution in [-0.4, -0.2) is 32.1 Å². The number of ether oxygens (including phenoxy) is 3. The van der Waals surface area contributed by atoms with Crippen LogP contribution in [0.4, 0.5) is 0 Å². The summed E-state index contributed by atoms with van der Waals surface area (Å²) >= 11 is 0. The summed E-state index contributed by atoms with van der Waals surface area (Å²) in [6.07, 6.45) is 3.12. The van der Waals surface area contributed by atoms with Crippen LogP contribution in [-0.2, 0) is 19.0 Å². The monoisotopic (exact) mass is 232 g/mol. The van der Waals surface area contributed by atoms with E-state index in [2.05, 4.69) is 6.92 Å². The lowest BCUT2D eigenvalue weighted by atomic mass is 10.2. The molecular formula is C12H24O4. The van der Waals surface area contributed by atoms with E-state index in [1.807, 2.05) is 13.8 Å². The predicted octanol–water partition coefficient (Wildman–Crippen LogP) is 2.51. The molecule has 0 aliphatic heterocycles. The number of carbonyl (C=O) groups excluding carboxylic acids is 1. The predicted molar refractivity (Wildman–Crippen MR) is 62.1 cm³/mol. The zero-order chi connectivity index (χ0) is 12.2. The highest BCUT2D eigenvalue weighted by Gasteiger charge is 2.11. The van der Waals surface area contributed by atoms with Crippen LogP contribution in [0.25, 0.3) is 0 Å². The second-order valence-electron chi connectivity index (χ2n) is 3.48. The van der Waals surface area contributed by atoms with Crippen LogP contribution < -0.4 is 0 Å². The van der Waals surface area contributed by atoms with Crippen molar-refractivity contribution in [3.8, 4) is 0 Å². The third-order valence-corrected chi connectivity index (χ3v) is 2.07. The quantitative estimate of drug-likeness (QED) is 0.330. The highest BCUT2D eigenvalue weighted by atomic mass is 16.7. The van der Waals surface area contributed by atoms with Gasteiger partial charge in [-0.2, -0.15) is 0 Å². The van der Waals surface area contributed by atoms with E-state index in [1.165, 1.54) is 0 Å². The molecule has 0 heterocycles. The molecule has 0 bridgehead atoms. The maximum atomic E-state index is 11.3. The van der Waals surface area contributed by atoms with Gasteiger partial charge in [0.25, 0.3) is 0 Å². The van der Waals surface area contributed by atoms with Crippen molar-refractivity contribution in [3.63, 3.8) is 0 Å². The molecule has 4 heteroatoms. The third kappa shape index (κ3) is 8.68. The lowest BCUT2D eigenvalue weighted by Crippen LogP contribution is -2.25. The Kier molecular flexibility index (Phi) is 10.5. The first-order valence-electron chi connectivity index (χ1n) is 6.13.